The van der Waals surface area contributed by atoms with Crippen LogP contribution in [0.2, 0.25) is 10.0 Å². The van der Waals surface area contributed by atoms with Gasteiger partial charge in [0.05, 0.1) is 6.42 Å². The van der Waals surface area contributed by atoms with E-state index in [1.165, 1.54) is 0 Å². The minimum absolute atomic E-state index is 0.0480. The third kappa shape index (κ3) is 4.12. The van der Waals surface area contributed by atoms with Crippen LogP contribution < -0.4 is 0 Å². The molecule has 2 amide bonds. The number of rotatable bonds is 5. The van der Waals surface area contributed by atoms with Crippen molar-refractivity contribution in [1.82, 2.24) is 9.80 Å². The molecule has 0 aliphatic carbocycles. The van der Waals surface area contributed by atoms with Gasteiger partial charge in [0.1, 0.15) is 5.54 Å². The summed E-state index contributed by atoms with van der Waals surface area (Å²) in [6, 6.07) is 14.9. The average Bonchev–Trinajstić information content (AvgIpc) is 2.62. The Labute approximate surface area is 169 Å². The molecule has 0 bridgehead atoms. The molecule has 2 aromatic carbocycles. The quantitative estimate of drug-likeness (QED) is 0.749. The molecule has 1 aliphatic heterocycles. The Kier molecular flexibility index (Phi) is 5.78. The fourth-order valence-corrected chi connectivity index (χ4v) is 3.92. The normalized spacial score (nSPS) is 18.7. The second kappa shape index (κ2) is 7.91. The number of amides is 2. The van der Waals surface area contributed by atoms with Gasteiger partial charge in [-0.05, 0) is 36.6 Å². The Bertz CT molecular complexity index is 857. The van der Waals surface area contributed by atoms with Crippen molar-refractivity contribution in [2.75, 3.05) is 13.6 Å². The number of nitrogens with zero attached hydrogens (tertiary/aromatic N) is 2. The van der Waals surface area contributed by atoms with Crippen molar-refractivity contribution in [3.63, 3.8) is 0 Å². The summed E-state index contributed by atoms with van der Waals surface area (Å²) in [6.45, 7) is 2.92. The Hall–Kier alpha value is -2.04. The molecule has 27 heavy (non-hydrogen) atoms. The maximum atomic E-state index is 13.0. The van der Waals surface area contributed by atoms with Crippen LogP contribution in [0, 0.1) is 0 Å². The molecule has 6 heteroatoms. The second-order valence-corrected chi connectivity index (χ2v) is 7.97. The van der Waals surface area contributed by atoms with Gasteiger partial charge >= 0.3 is 0 Å². The highest BCUT2D eigenvalue weighted by atomic mass is 35.5. The topological polar surface area (TPSA) is 40.6 Å². The number of halogens is 2. The summed E-state index contributed by atoms with van der Waals surface area (Å²) in [4.78, 5) is 29.2. The third-order valence-electron chi connectivity index (χ3n) is 5.15. The van der Waals surface area contributed by atoms with E-state index < -0.39 is 5.54 Å². The van der Waals surface area contributed by atoms with Crippen LogP contribution in [0.1, 0.15) is 24.5 Å². The average molecular weight is 405 g/mol. The van der Waals surface area contributed by atoms with Gasteiger partial charge in [-0.3, -0.25) is 9.59 Å². The summed E-state index contributed by atoms with van der Waals surface area (Å²) in [5.74, 6) is -0.150. The van der Waals surface area contributed by atoms with Crippen molar-refractivity contribution in [3.8, 4) is 0 Å². The number of hydrogen-bond acceptors (Lipinski definition) is 2. The van der Waals surface area contributed by atoms with E-state index in [2.05, 4.69) is 0 Å². The zero-order valence-corrected chi connectivity index (χ0v) is 16.9. The molecule has 1 aliphatic rings. The number of benzene rings is 2. The number of likely N-dealkylation sites (tertiary alicyclic amines) is 1. The van der Waals surface area contributed by atoms with Crippen molar-refractivity contribution < 1.29 is 9.59 Å². The van der Waals surface area contributed by atoms with Gasteiger partial charge in [-0.1, -0.05) is 59.6 Å². The summed E-state index contributed by atoms with van der Waals surface area (Å²) in [5, 5.41) is 0.994. The molecule has 1 atom stereocenters. The molecule has 1 heterocycles. The minimum Gasteiger partial charge on any atom is -0.339 e. The lowest BCUT2D eigenvalue weighted by molar-refractivity contribution is -0.163. The van der Waals surface area contributed by atoms with Crippen molar-refractivity contribution >= 4 is 35.0 Å². The zero-order chi connectivity index (χ0) is 19.6. The van der Waals surface area contributed by atoms with E-state index in [1.807, 2.05) is 37.3 Å². The van der Waals surface area contributed by atoms with Crippen LogP contribution in [0.4, 0.5) is 0 Å². The van der Waals surface area contributed by atoms with Crippen LogP contribution in [0.3, 0.4) is 0 Å². The predicted molar refractivity (Wildman–Crippen MR) is 108 cm³/mol. The summed E-state index contributed by atoms with van der Waals surface area (Å²) >= 11 is 12.1. The van der Waals surface area contributed by atoms with E-state index >= 15 is 0 Å². The van der Waals surface area contributed by atoms with Crippen LogP contribution in [0.15, 0.2) is 48.5 Å². The van der Waals surface area contributed by atoms with Crippen LogP contribution in [0.25, 0.3) is 0 Å². The summed E-state index contributed by atoms with van der Waals surface area (Å²) in [7, 11) is 1.78. The Morgan fingerprint density at radius 1 is 1.15 bits per heavy atom. The lowest BCUT2D eigenvalue weighted by Gasteiger charge is -2.50. The minimum atomic E-state index is -0.806. The maximum absolute atomic E-state index is 13.0. The first-order valence-electron chi connectivity index (χ1n) is 8.85. The van der Waals surface area contributed by atoms with Crippen molar-refractivity contribution in [3.05, 3.63) is 69.7 Å². The van der Waals surface area contributed by atoms with E-state index in [-0.39, 0.29) is 18.2 Å². The molecule has 1 fully saturated rings. The Morgan fingerprint density at radius 2 is 1.85 bits per heavy atom. The summed E-state index contributed by atoms with van der Waals surface area (Å²) in [6.07, 6.45) is 0.812. The predicted octanol–water partition coefficient (Wildman–Crippen LogP) is 4.19. The SMILES string of the molecule is CN(Cc1ccccc1)C(=O)C1(C)CCN1C(=O)Cc1ccc(Cl)cc1Cl. The van der Waals surface area contributed by atoms with Gasteiger partial charge in [0.2, 0.25) is 11.8 Å². The molecule has 1 unspecified atom stereocenters. The Balaban J connectivity index is 1.68. The van der Waals surface area contributed by atoms with Gasteiger partial charge in [-0.2, -0.15) is 0 Å². The van der Waals surface area contributed by atoms with Crippen LogP contribution in [-0.2, 0) is 22.6 Å². The molecular formula is C21H22Cl2N2O2. The third-order valence-corrected chi connectivity index (χ3v) is 5.73. The monoisotopic (exact) mass is 404 g/mol. The van der Waals surface area contributed by atoms with Crippen LogP contribution >= 0.6 is 23.2 Å². The van der Waals surface area contributed by atoms with Gasteiger partial charge in [-0.15, -0.1) is 0 Å². The van der Waals surface area contributed by atoms with Gasteiger partial charge < -0.3 is 9.80 Å². The lowest BCUT2D eigenvalue weighted by Crippen LogP contribution is -2.67. The fourth-order valence-electron chi connectivity index (χ4n) is 3.44. The summed E-state index contributed by atoms with van der Waals surface area (Å²) < 4.78 is 0. The molecule has 0 radical (unpaired) electrons. The lowest BCUT2D eigenvalue weighted by atomic mass is 9.84. The maximum Gasteiger partial charge on any atom is 0.248 e. The van der Waals surface area contributed by atoms with Gasteiger partial charge in [0.15, 0.2) is 0 Å². The Morgan fingerprint density at radius 3 is 2.44 bits per heavy atom. The van der Waals surface area contributed by atoms with Crippen molar-refractivity contribution in [2.45, 2.75) is 31.8 Å². The highest BCUT2D eigenvalue weighted by molar-refractivity contribution is 6.35. The van der Waals surface area contributed by atoms with E-state index in [1.54, 1.807) is 35.0 Å². The van der Waals surface area contributed by atoms with E-state index in [4.69, 9.17) is 23.2 Å². The zero-order valence-electron chi connectivity index (χ0n) is 15.4. The molecule has 4 nitrogen and oxygen atoms in total. The molecule has 1 saturated heterocycles. The molecular weight excluding hydrogens is 383 g/mol. The van der Waals surface area contributed by atoms with Gasteiger partial charge in [-0.25, -0.2) is 0 Å². The largest absolute Gasteiger partial charge is 0.339 e. The van der Waals surface area contributed by atoms with E-state index in [0.29, 0.717) is 35.1 Å². The number of carbonyl (C=O) groups excluding carboxylic acids is 2. The first kappa shape index (κ1) is 19.7. The molecule has 2 aromatic rings. The molecule has 142 valence electrons. The van der Waals surface area contributed by atoms with Crippen molar-refractivity contribution in [2.24, 2.45) is 0 Å². The second-order valence-electron chi connectivity index (χ2n) is 7.13. The smallest absolute Gasteiger partial charge is 0.248 e. The van der Waals surface area contributed by atoms with Crippen LogP contribution in [0.5, 0.6) is 0 Å². The highest BCUT2D eigenvalue weighted by Crippen LogP contribution is 2.33. The molecule has 0 aromatic heterocycles. The molecule has 3 rings (SSSR count). The number of likely N-dealkylation sites (N-methyl/N-ethyl adjacent to an activating group) is 1. The number of carbonyl (C=O) groups is 2. The standard InChI is InChI=1S/C21H22Cl2N2O2/c1-21(20(27)24(2)14-15-6-4-3-5-7-15)10-11-25(21)19(26)12-16-8-9-17(22)13-18(16)23/h3-9,13H,10-12,14H2,1-2H3. The van der Waals surface area contributed by atoms with E-state index in [9.17, 15) is 9.59 Å². The summed E-state index contributed by atoms with van der Waals surface area (Å²) in [5.41, 5.74) is 0.965. The fraction of sp³-hybridized carbons (Fsp3) is 0.333. The molecule has 0 N–H and O–H groups in total. The van der Waals surface area contributed by atoms with Gasteiger partial charge in [0, 0.05) is 30.2 Å². The van der Waals surface area contributed by atoms with E-state index in [0.717, 1.165) is 5.56 Å². The van der Waals surface area contributed by atoms with Crippen LogP contribution in [-0.4, -0.2) is 40.7 Å². The van der Waals surface area contributed by atoms with Crippen molar-refractivity contribution in [1.29, 1.82) is 0 Å². The molecule has 0 saturated carbocycles. The van der Waals surface area contributed by atoms with Gasteiger partial charge in [0.25, 0.3) is 0 Å². The molecule has 0 spiro atoms. The number of hydrogen-bond donors (Lipinski definition) is 0. The first-order chi connectivity index (χ1) is 12.8. The highest BCUT2D eigenvalue weighted by Gasteiger charge is 2.50. The first-order valence-corrected chi connectivity index (χ1v) is 9.61.